The molecule has 0 N–H and O–H groups in total. The van der Waals surface area contributed by atoms with Crippen molar-refractivity contribution < 1.29 is 19.0 Å². The minimum absolute atomic E-state index is 0.352. The van der Waals surface area contributed by atoms with Crippen LogP contribution in [0.25, 0.3) is 0 Å². The molecular formula is C9H10O4. The molecule has 0 spiro atoms. The molecule has 0 saturated heterocycles. The Balaban J connectivity index is 3.00. The largest absolute Gasteiger partial charge is 0.497 e. The van der Waals surface area contributed by atoms with Crippen molar-refractivity contribution in [2.75, 3.05) is 14.2 Å². The lowest BCUT2D eigenvalue weighted by atomic mass is 10.3. The van der Waals surface area contributed by atoms with Crippen molar-refractivity contribution in [3.63, 3.8) is 0 Å². The molecule has 1 aromatic carbocycles. The zero-order valence-electron chi connectivity index (χ0n) is 7.44. The molecule has 0 bridgehead atoms. The molecular weight excluding hydrogens is 172 g/mol. The zero-order valence-corrected chi connectivity index (χ0v) is 7.44. The van der Waals surface area contributed by atoms with Gasteiger partial charge >= 0.3 is 0 Å². The number of methoxy groups -OCH3 is 2. The highest BCUT2D eigenvalue weighted by atomic mass is 16.5. The van der Waals surface area contributed by atoms with Crippen molar-refractivity contribution in [1.29, 1.82) is 0 Å². The summed E-state index contributed by atoms with van der Waals surface area (Å²) in [6.45, 7) is 0.352. The van der Waals surface area contributed by atoms with Crippen LogP contribution in [0, 0.1) is 0 Å². The maximum Gasteiger partial charge on any atom is 0.298 e. The lowest BCUT2D eigenvalue weighted by Crippen LogP contribution is -1.94. The summed E-state index contributed by atoms with van der Waals surface area (Å²) in [7, 11) is 3.04. The maximum absolute atomic E-state index is 10.1. The summed E-state index contributed by atoms with van der Waals surface area (Å²) in [5.74, 6) is 1.49. The second-order valence-corrected chi connectivity index (χ2v) is 2.23. The summed E-state index contributed by atoms with van der Waals surface area (Å²) in [5.41, 5.74) is 0. The fourth-order valence-electron chi connectivity index (χ4n) is 0.924. The van der Waals surface area contributed by atoms with Crippen molar-refractivity contribution in [1.82, 2.24) is 0 Å². The van der Waals surface area contributed by atoms with Crippen LogP contribution in [0.15, 0.2) is 18.2 Å². The minimum Gasteiger partial charge on any atom is -0.497 e. The van der Waals surface area contributed by atoms with Crippen molar-refractivity contribution in [2.45, 2.75) is 0 Å². The number of carbonyl (C=O) groups excluding carboxylic acids is 1. The van der Waals surface area contributed by atoms with Gasteiger partial charge < -0.3 is 14.2 Å². The number of hydrogen-bond donors (Lipinski definition) is 0. The molecule has 0 aliphatic heterocycles. The molecule has 0 heterocycles. The molecule has 0 aromatic heterocycles. The predicted octanol–water partition coefficient (Wildman–Crippen LogP) is 1.24. The Bertz CT molecular complexity index is 296. The van der Waals surface area contributed by atoms with Gasteiger partial charge in [-0.05, 0) is 12.1 Å². The van der Waals surface area contributed by atoms with Crippen LogP contribution in [0.3, 0.4) is 0 Å². The van der Waals surface area contributed by atoms with Crippen molar-refractivity contribution >= 4 is 6.47 Å². The molecule has 70 valence electrons. The highest BCUT2D eigenvalue weighted by Gasteiger charge is 2.04. The smallest absolute Gasteiger partial charge is 0.298 e. The van der Waals surface area contributed by atoms with Gasteiger partial charge in [-0.1, -0.05) is 0 Å². The van der Waals surface area contributed by atoms with Crippen LogP contribution >= 0.6 is 0 Å². The van der Waals surface area contributed by atoms with Gasteiger partial charge in [-0.3, -0.25) is 4.79 Å². The van der Waals surface area contributed by atoms with E-state index in [-0.39, 0.29) is 0 Å². The maximum atomic E-state index is 10.1. The van der Waals surface area contributed by atoms with E-state index in [9.17, 15) is 4.79 Å². The number of benzene rings is 1. The van der Waals surface area contributed by atoms with Gasteiger partial charge in [0.15, 0.2) is 11.5 Å². The third-order valence-corrected chi connectivity index (χ3v) is 1.55. The first-order chi connectivity index (χ1) is 6.31. The van der Waals surface area contributed by atoms with Crippen molar-refractivity contribution in [2.24, 2.45) is 0 Å². The average molecular weight is 182 g/mol. The Hall–Kier alpha value is -1.71. The molecule has 0 aliphatic rings. The normalized spacial score (nSPS) is 9.08. The zero-order chi connectivity index (χ0) is 9.68. The molecule has 0 saturated carbocycles. The molecule has 0 atom stereocenters. The van der Waals surface area contributed by atoms with Gasteiger partial charge in [-0.2, -0.15) is 0 Å². The first-order valence-electron chi connectivity index (χ1n) is 3.64. The van der Waals surface area contributed by atoms with E-state index in [4.69, 9.17) is 9.47 Å². The third-order valence-electron chi connectivity index (χ3n) is 1.55. The average Bonchev–Trinajstić information content (AvgIpc) is 2.19. The van der Waals surface area contributed by atoms with E-state index >= 15 is 0 Å². The van der Waals surface area contributed by atoms with E-state index in [1.165, 1.54) is 7.11 Å². The van der Waals surface area contributed by atoms with Crippen LogP contribution in [-0.4, -0.2) is 20.7 Å². The molecule has 0 amide bonds. The summed E-state index contributed by atoms with van der Waals surface area (Å²) in [6.07, 6.45) is 0. The highest BCUT2D eigenvalue weighted by Crippen LogP contribution is 2.30. The fraction of sp³-hybridized carbons (Fsp3) is 0.222. The Kier molecular flexibility index (Phi) is 3.14. The molecule has 1 rings (SSSR count). The third kappa shape index (κ3) is 2.11. The fourth-order valence-corrected chi connectivity index (χ4v) is 0.924. The summed E-state index contributed by atoms with van der Waals surface area (Å²) >= 11 is 0. The van der Waals surface area contributed by atoms with Gasteiger partial charge in [0, 0.05) is 6.07 Å². The number of hydrogen-bond acceptors (Lipinski definition) is 4. The molecule has 13 heavy (non-hydrogen) atoms. The number of rotatable bonds is 4. The molecule has 4 heteroatoms. The van der Waals surface area contributed by atoms with Crippen LogP contribution < -0.4 is 14.2 Å². The van der Waals surface area contributed by atoms with Gasteiger partial charge in [0.05, 0.1) is 14.2 Å². The quantitative estimate of drug-likeness (QED) is 0.657. The van der Waals surface area contributed by atoms with Gasteiger partial charge in [-0.25, -0.2) is 0 Å². The van der Waals surface area contributed by atoms with Gasteiger partial charge in [0.2, 0.25) is 0 Å². The van der Waals surface area contributed by atoms with Crippen molar-refractivity contribution in [3.05, 3.63) is 18.2 Å². The predicted molar refractivity (Wildman–Crippen MR) is 46.2 cm³/mol. The monoisotopic (exact) mass is 182 g/mol. The van der Waals surface area contributed by atoms with E-state index in [1.54, 1.807) is 25.3 Å². The molecule has 0 aliphatic carbocycles. The minimum atomic E-state index is 0.352. The second kappa shape index (κ2) is 4.35. The molecule has 1 aromatic rings. The molecule has 0 fully saturated rings. The Labute approximate surface area is 76.0 Å². The summed E-state index contributed by atoms with van der Waals surface area (Å²) < 4.78 is 14.6. The summed E-state index contributed by atoms with van der Waals surface area (Å²) in [5, 5.41) is 0. The summed E-state index contributed by atoms with van der Waals surface area (Å²) in [6, 6.07) is 4.92. The SMILES string of the molecule is COc1ccc(OC=O)c(OC)c1. The first-order valence-corrected chi connectivity index (χ1v) is 3.64. The number of carbonyl (C=O) groups is 1. The van der Waals surface area contributed by atoms with E-state index in [0.717, 1.165) is 0 Å². The molecule has 4 nitrogen and oxygen atoms in total. The van der Waals surface area contributed by atoms with Gasteiger partial charge in [-0.15, -0.1) is 0 Å². The first kappa shape index (κ1) is 9.38. The summed E-state index contributed by atoms with van der Waals surface area (Å²) in [4.78, 5) is 10.1. The van der Waals surface area contributed by atoms with Crippen molar-refractivity contribution in [3.8, 4) is 17.2 Å². The topological polar surface area (TPSA) is 44.8 Å². The standard InChI is InChI=1S/C9H10O4/c1-11-7-3-4-8(13-6-10)9(5-7)12-2/h3-6H,1-2H3. The lowest BCUT2D eigenvalue weighted by Gasteiger charge is -2.07. The van der Waals surface area contributed by atoms with Gasteiger partial charge in [0.1, 0.15) is 5.75 Å². The number of ether oxygens (including phenoxy) is 3. The lowest BCUT2D eigenvalue weighted by molar-refractivity contribution is -0.120. The second-order valence-electron chi connectivity index (χ2n) is 2.23. The van der Waals surface area contributed by atoms with E-state index in [0.29, 0.717) is 23.7 Å². The van der Waals surface area contributed by atoms with Crippen LogP contribution in [-0.2, 0) is 4.79 Å². The van der Waals surface area contributed by atoms with Gasteiger partial charge in [0.25, 0.3) is 6.47 Å². The van der Waals surface area contributed by atoms with Crippen LogP contribution in [0.2, 0.25) is 0 Å². The highest BCUT2D eigenvalue weighted by molar-refractivity contribution is 5.52. The van der Waals surface area contributed by atoms with E-state index in [2.05, 4.69) is 4.74 Å². The Morgan fingerprint density at radius 2 is 1.92 bits per heavy atom. The molecule has 0 radical (unpaired) electrons. The van der Waals surface area contributed by atoms with Crippen LogP contribution in [0.5, 0.6) is 17.2 Å². The van der Waals surface area contributed by atoms with E-state index in [1.807, 2.05) is 0 Å². The van der Waals surface area contributed by atoms with Crippen LogP contribution in [0.1, 0.15) is 0 Å². The Morgan fingerprint density at radius 3 is 2.46 bits per heavy atom. The van der Waals surface area contributed by atoms with E-state index < -0.39 is 0 Å². The molecule has 0 unspecified atom stereocenters. The van der Waals surface area contributed by atoms with Crippen LogP contribution in [0.4, 0.5) is 0 Å². The Morgan fingerprint density at radius 1 is 1.15 bits per heavy atom.